The summed E-state index contributed by atoms with van der Waals surface area (Å²) in [6.07, 6.45) is 2.45. The van der Waals surface area contributed by atoms with E-state index in [1.807, 2.05) is 24.3 Å². The first-order chi connectivity index (χ1) is 10.7. The van der Waals surface area contributed by atoms with Gasteiger partial charge in [0.2, 0.25) is 5.95 Å². The molecule has 3 aromatic rings. The normalized spacial score (nSPS) is 14.2. The summed E-state index contributed by atoms with van der Waals surface area (Å²) >= 11 is 0. The number of hydrogen-bond acceptors (Lipinski definition) is 6. The molecule has 0 amide bonds. The molecule has 1 saturated carbocycles. The van der Waals surface area contributed by atoms with Gasteiger partial charge in [-0.2, -0.15) is 10.1 Å². The number of fused-ring (bicyclic) bond motifs is 1. The Morgan fingerprint density at radius 2 is 2.14 bits per heavy atom. The number of benzene rings is 1. The summed E-state index contributed by atoms with van der Waals surface area (Å²) in [4.78, 5) is 8.53. The van der Waals surface area contributed by atoms with Gasteiger partial charge in [0.1, 0.15) is 11.6 Å². The summed E-state index contributed by atoms with van der Waals surface area (Å²) in [5.74, 6) is 2.93. The minimum atomic E-state index is 0.220. The highest BCUT2D eigenvalue weighted by Crippen LogP contribution is 2.39. The first-order valence-electron chi connectivity index (χ1n) is 7.16. The van der Waals surface area contributed by atoms with Crippen LogP contribution in [0.3, 0.4) is 0 Å². The molecule has 1 fully saturated rings. The van der Waals surface area contributed by atoms with Gasteiger partial charge >= 0.3 is 0 Å². The number of nitrogens with zero attached hydrogens (tertiary/aromatic N) is 3. The summed E-state index contributed by atoms with van der Waals surface area (Å²) in [6.45, 7) is 0. The highest BCUT2D eigenvalue weighted by atomic mass is 16.5. The quantitative estimate of drug-likeness (QED) is 0.684. The number of anilines is 3. The number of nitrogen functional groups attached to an aromatic ring is 1. The van der Waals surface area contributed by atoms with E-state index in [1.165, 1.54) is 12.8 Å². The van der Waals surface area contributed by atoms with Crippen LogP contribution in [0.2, 0.25) is 0 Å². The second-order valence-electron chi connectivity index (χ2n) is 5.42. The molecule has 22 heavy (non-hydrogen) atoms. The van der Waals surface area contributed by atoms with E-state index in [0.717, 1.165) is 28.2 Å². The van der Waals surface area contributed by atoms with E-state index in [0.29, 0.717) is 11.7 Å². The second-order valence-corrected chi connectivity index (χ2v) is 5.42. The van der Waals surface area contributed by atoms with Crippen molar-refractivity contribution in [3.8, 4) is 5.75 Å². The third kappa shape index (κ3) is 2.30. The molecule has 0 bridgehead atoms. The van der Waals surface area contributed by atoms with E-state index >= 15 is 0 Å². The van der Waals surface area contributed by atoms with Crippen LogP contribution in [-0.4, -0.2) is 27.3 Å². The van der Waals surface area contributed by atoms with Crippen LogP contribution in [0.1, 0.15) is 24.5 Å². The molecule has 112 valence electrons. The van der Waals surface area contributed by atoms with Crippen LogP contribution in [-0.2, 0) is 0 Å². The Hall–Kier alpha value is -2.83. The average molecular weight is 296 g/mol. The maximum absolute atomic E-state index is 5.79. The Bertz CT molecular complexity index is 839. The van der Waals surface area contributed by atoms with Crippen LogP contribution in [0.25, 0.3) is 10.9 Å². The zero-order valence-corrected chi connectivity index (χ0v) is 12.1. The summed E-state index contributed by atoms with van der Waals surface area (Å²) < 4.78 is 5.27. The predicted octanol–water partition coefficient (Wildman–Crippen LogP) is 2.56. The minimum Gasteiger partial charge on any atom is -0.497 e. The number of aromatic amines is 1. The molecule has 1 aromatic carbocycles. The fraction of sp³-hybridized carbons (Fsp3) is 0.267. The van der Waals surface area contributed by atoms with Gasteiger partial charge in [0.25, 0.3) is 0 Å². The molecule has 1 aliphatic carbocycles. The Kier molecular flexibility index (Phi) is 2.85. The molecule has 0 aliphatic heterocycles. The van der Waals surface area contributed by atoms with E-state index in [-0.39, 0.29) is 5.95 Å². The van der Waals surface area contributed by atoms with Crippen molar-refractivity contribution in [3.63, 3.8) is 0 Å². The first-order valence-corrected chi connectivity index (χ1v) is 7.16. The molecule has 7 heteroatoms. The van der Waals surface area contributed by atoms with Crippen LogP contribution in [0.5, 0.6) is 5.75 Å². The van der Waals surface area contributed by atoms with E-state index in [2.05, 4.69) is 25.5 Å². The van der Waals surface area contributed by atoms with Crippen molar-refractivity contribution in [1.29, 1.82) is 0 Å². The van der Waals surface area contributed by atoms with E-state index in [9.17, 15) is 0 Å². The van der Waals surface area contributed by atoms with Crippen LogP contribution in [0.4, 0.5) is 17.6 Å². The van der Waals surface area contributed by atoms with E-state index in [1.54, 1.807) is 7.11 Å². The van der Waals surface area contributed by atoms with Crippen molar-refractivity contribution < 1.29 is 4.74 Å². The number of H-pyrrole nitrogens is 1. The number of aromatic nitrogens is 4. The molecular weight excluding hydrogens is 280 g/mol. The maximum Gasteiger partial charge on any atom is 0.222 e. The van der Waals surface area contributed by atoms with Gasteiger partial charge in [-0.15, -0.1) is 0 Å². The standard InChI is InChI=1S/C15H16N6O/c1-22-9-4-5-11-10(6-9)14(19-15(16)17-11)18-13-7-12(20-21-13)8-2-3-8/h4-8H,2-3H2,1H3,(H4,16,17,18,19,20,21). The highest BCUT2D eigenvalue weighted by Gasteiger charge is 2.25. The van der Waals surface area contributed by atoms with Crippen molar-refractivity contribution in [2.75, 3.05) is 18.2 Å². The molecule has 0 spiro atoms. The Morgan fingerprint density at radius 3 is 2.91 bits per heavy atom. The smallest absolute Gasteiger partial charge is 0.222 e. The lowest BCUT2D eigenvalue weighted by Gasteiger charge is -2.08. The number of hydrogen-bond donors (Lipinski definition) is 3. The van der Waals surface area contributed by atoms with E-state index < -0.39 is 0 Å². The number of methoxy groups -OCH3 is 1. The van der Waals surface area contributed by atoms with Gasteiger partial charge in [0, 0.05) is 23.1 Å². The van der Waals surface area contributed by atoms with Gasteiger partial charge in [0.05, 0.1) is 12.6 Å². The van der Waals surface area contributed by atoms with Gasteiger partial charge in [0.15, 0.2) is 5.82 Å². The molecule has 4 N–H and O–H groups in total. The van der Waals surface area contributed by atoms with Gasteiger partial charge in [-0.25, -0.2) is 4.98 Å². The molecule has 0 atom stereocenters. The lowest BCUT2D eigenvalue weighted by atomic mass is 10.2. The van der Waals surface area contributed by atoms with Crippen LogP contribution >= 0.6 is 0 Å². The zero-order chi connectivity index (χ0) is 15.1. The van der Waals surface area contributed by atoms with Gasteiger partial charge in [-0.3, -0.25) is 5.10 Å². The lowest BCUT2D eigenvalue weighted by molar-refractivity contribution is 0.415. The fourth-order valence-electron chi connectivity index (χ4n) is 2.47. The number of nitrogens with one attached hydrogen (secondary N) is 2. The summed E-state index contributed by atoms with van der Waals surface area (Å²) in [6, 6.07) is 7.60. The number of rotatable bonds is 4. The van der Waals surface area contributed by atoms with Crippen LogP contribution < -0.4 is 15.8 Å². The molecule has 0 unspecified atom stereocenters. The molecule has 1 aliphatic rings. The average Bonchev–Trinajstić information content (AvgIpc) is 3.27. The van der Waals surface area contributed by atoms with Crippen molar-refractivity contribution in [2.45, 2.75) is 18.8 Å². The van der Waals surface area contributed by atoms with Crippen LogP contribution in [0.15, 0.2) is 24.3 Å². The highest BCUT2D eigenvalue weighted by molar-refractivity contribution is 5.92. The third-order valence-electron chi connectivity index (χ3n) is 3.78. The molecular formula is C15H16N6O. The molecule has 0 saturated heterocycles. The predicted molar refractivity (Wildman–Crippen MR) is 84.3 cm³/mol. The maximum atomic E-state index is 5.79. The molecule has 2 heterocycles. The topological polar surface area (TPSA) is 102 Å². The van der Waals surface area contributed by atoms with Crippen molar-refractivity contribution in [2.24, 2.45) is 0 Å². The monoisotopic (exact) mass is 296 g/mol. The molecule has 0 radical (unpaired) electrons. The Morgan fingerprint density at radius 1 is 1.27 bits per heavy atom. The van der Waals surface area contributed by atoms with Crippen molar-refractivity contribution in [3.05, 3.63) is 30.0 Å². The SMILES string of the molecule is COc1ccc2nc(N)nc(Nc3cc(C4CC4)[nH]n3)c2c1. The van der Waals surface area contributed by atoms with Crippen LogP contribution in [0, 0.1) is 0 Å². The van der Waals surface area contributed by atoms with Crippen molar-refractivity contribution >= 4 is 28.5 Å². The molecule has 4 rings (SSSR count). The first kappa shape index (κ1) is 12.9. The van der Waals surface area contributed by atoms with E-state index in [4.69, 9.17) is 10.5 Å². The third-order valence-corrected chi connectivity index (χ3v) is 3.78. The number of ether oxygens (including phenoxy) is 1. The zero-order valence-electron chi connectivity index (χ0n) is 12.1. The largest absolute Gasteiger partial charge is 0.497 e. The Labute approximate surface area is 126 Å². The molecule has 7 nitrogen and oxygen atoms in total. The Balaban J connectivity index is 1.74. The summed E-state index contributed by atoms with van der Waals surface area (Å²) in [5, 5.41) is 11.4. The minimum absolute atomic E-state index is 0.220. The second kappa shape index (κ2) is 4.87. The van der Waals surface area contributed by atoms with Gasteiger partial charge < -0.3 is 15.8 Å². The summed E-state index contributed by atoms with van der Waals surface area (Å²) in [7, 11) is 1.63. The lowest BCUT2D eigenvalue weighted by Crippen LogP contribution is -2.01. The summed E-state index contributed by atoms with van der Waals surface area (Å²) in [5.41, 5.74) is 7.71. The number of nitrogens with two attached hydrogens (primary N) is 1. The molecule has 2 aromatic heterocycles. The van der Waals surface area contributed by atoms with Gasteiger partial charge in [-0.1, -0.05) is 0 Å². The fourth-order valence-corrected chi connectivity index (χ4v) is 2.47. The van der Waals surface area contributed by atoms with Crippen molar-refractivity contribution in [1.82, 2.24) is 20.2 Å². The van der Waals surface area contributed by atoms with Gasteiger partial charge in [-0.05, 0) is 31.0 Å².